The van der Waals surface area contributed by atoms with Crippen LogP contribution < -0.4 is 48.3 Å². The van der Waals surface area contributed by atoms with Gasteiger partial charge in [0.2, 0.25) is 47.3 Å². The zero-order valence-electron chi connectivity index (χ0n) is 36.5. The van der Waals surface area contributed by atoms with Crippen LogP contribution in [0.25, 0.3) is 0 Å². The van der Waals surface area contributed by atoms with Gasteiger partial charge in [0.25, 0.3) is 0 Å². The summed E-state index contributed by atoms with van der Waals surface area (Å²) >= 11 is 9.24. The smallest absolute Gasteiger partial charge is 0.327 e. The van der Waals surface area contributed by atoms with Gasteiger partial charge in [-0.15, -0.1) is 0 Å². The molecule has 364 valence electrons. The standard InChI is InChI=1S/C39H61N9O14S3/c1-18(2)12-25(45-34(56)24(10-11-65-5)44-33(55)23(40)16-63)35(57)47-27(14-30(52)53)36(58)46-26(13-21-6-8-22(50)9-7-21)37(59)48-31(20(4)49)38(60)42-19(3)32(54)41-15-29(51)43-28(17-64)39(61)62/h6-9,18-20,23-28,31,49-50,63-64H,10-17,40H2,1-5H3,(H,41,54)(H,42,60)(H,43,51)(H,44,55)(H,45,56)(H,46,58)(H,47,57)(H,48,59)(H,52,53)(H,61,62)/t19-,20+,23-,24-,25-,26-,27-,28-,31-/m0/s1. The molecule has 0 fully saturated rings. The minimum Gasteiger partial charge on any atom is -0.508 e. The number of nitrogens with two attached hydrogens (primary N) is 1. The number of phenolic OH excluding ortho intramolecular Hbond substituents is 1. The summed E-state index contributed by atoms with van der Waals surface area (Å²) in [4.78, 5) is 129. The van der Waals surface area contributed by atoms with E-state index in [0.29, 0.717) is 11.3 Å². The molecule has 8 amide bonds. The highest BCUT2D eigenvalue weighted by Gasteiger charge is 2.35. The first-order valence-electron chi connectivity index (χ1n) is 20.2. The number of aliphatic hydroxyl groups excluding tert-OH is 1. The Morgan fingerprint density at radius 2 is 1.20 bits per heavy atom. The number of carboxylic acids is 2. The Morgan fingerprint density at radius 3 is 1.72 bits per heavy atom. The average molecular weight is 976 g/mol. The largest absolute Gasteiger partial charge is 0.508 e. The van der Waals surface area contributed by atoms with Crippen molar-refractivity contribution in [3.05, 3.63) is 29.8 Å². The van der Waals surface area contributed by atoms with Crippen molar-refractivity contribution >= 4 is 96.2 Å². The normalized spacial score (nSPS) is 15.2. The van der Waals surface area contributed by atoms with Crippen LogP contribution in [0.1, 0.15) is 52.5 Å². The predicted molar refractivity (Wildman–Crippen MR) is 244 cm³/mol. The van der Waals surface area contributed by atoms with E-state index in [1.54, 1.807) is 20.1 Å². The summed E-state index contributed by atoms with van der Waals surface area (Å²) in [5.74, 6) is -10.6. The minimum absolute atomic E-state index is 0.00620. The summed E-state index contributed by atoms with van der Waals surface area (Å²) in [6, 6.07) is -6.11. The molecular weight excluding hydrogens is 915 g/mol. The van der Waals surface area contributed by atoms with E-state index in [4.69, 9.17) is 10.8 Å². The van der Waals surface area contributed by atoms with Gasteiger partial charge in [-0.1, -0.05) is 26.0 Å². The van der Waals surface area contributed by atoms with Crippen molar-refractivity contribution in [2.45, 2.75) is 108 Å². The second-order valence-electron chi connectivity index (χ2n) is 15.2. The Hall–Kier alpha value is -5.31. The van der Waals surface area contributed by atoms with Crippen molar-refractivity contribution in [3.63, 3.8) is 0 Å². The Bertz CT molecular complexity index is 1830. The molecule has 1 rings (SSSR count). The zero-order chi connectivity index (χ0) is 49.6. The highest BCUT2D eigenvalue weighted by atomic mass is 32.2. The Kier molecular flexibility index (Phi) is 26.0. The number of thiol groups is 2. The number of aliphatic hydroxyl groups is 1. The highest BCUT2D eigenvalue weighted by molar-refractivity contribution is 7.98. The quantitative estimate of drug-likeness (QED) is 0.0345. The SMILES string of the molecule is CSCC[C@H](NC(=O)[C@@H](N)CS)C(=O)N[C@@H](CC(C)C)C(=O)N[C@@H](CC(=O)O)C(=O)N[C@@H](Cc1ccc(O)cc1)C(=O)N[C@H](C(=O)N[C@@H](C)C(=O)NCC(=O)N[C@@H](CS)C(=O)O)[C@@H](C)O. The van der Waals surface area contributed by atoms with Crippen LogP contribution in [-0.4, -0.2) is 164 Å². The summed E-state index contributed by atoms with van der Waals surface area (Å²) in [5.41, 5.74) is 6.12. The van der Waals surface area contributed by atoms with Crippen LogP contribution in [0.15, 0.2) is 24.3 Å². The molecule has 0 unspecified atom stereocenters. The van der Waals surface area contributed by atoms with Crippen molar-refractivity contribution in [2.24, 2.45) is 11.7 Å². The number of aliphatic carboxylic acids is 2. The predicted octanol–water partition coefficient (Wildman–Crippen LogP) is -3.61. The molecule has 0 saturated carbocycles. The third kappa shape index (κ3) is 21.5. The lowest BCUT2D eigenvalue weighted by Crippen LogP contribution is -2.61. The number of rotatable bonds is 29. The average Bonchev–Trinajstić information content (AvgIpc) is 3.23. The lowest BCUT2D eigenvalue weighted by Gasteiger charge is -2.28. The number of carbonyl (C=O) groups excluding carboxylic acids is 8. The molecule has 0 aliphatic carbocycles. The van der Waals surface area contributed by atoms with Crippen LogP contribution in [0.2, 0.25) is 0 Å². The van der Waals surface area contributed by atoms with Crippen LogP contribution in [0.3, 0.4) is 0 Å². The fourth-order valence-corrected chi connectivity index (χ4v) is 6.51. The molecule has 14 N–H and O–H groups in total. The number of nitrogens with one attached hydrogen (secondary N) is 8. The molecule has 0 aromatic heterocycles. The molecule has 9 atom stereocenters. The number of carboxylic acid groups (broad SMARTS) is 2. The number of aromatic hydroxyl groups is 1. The summed E-state index contributed by atoms with van der Waals surface area (Å²) in [6.07, 6.45) is -1.03. The van der Waals surface area contributed by atoms with Gasteiger partial charge in [-0.25, -0.2) is 4.79 Å². The molecule has 0 aliphatic heterocycles. The van der Waals surface area contributed by atoms with E-state index in [0.717, 1.165) is 6.92 Å². The lowest BCUT2D eigenvalue weighted by molar-refractivity contribution is -0.142. The number of benzene rings is 1. The van der Waals surface area contributed by atoms with E-state index >= 15 is 0 Å². The van der Waals surface area contributed by atoms with Gasteiger partial charge in [-0.3, -0.25) is 43.2 Å². The molecule has 65 heavy (non-hydrogen) atoms. The molecule has 0 aliphatic rings. The second-order valence-corrected chi connectivity index (χ2v) is 16.9. The number of hydrogen-bond acceptors (Lipinski definition) is 16. The van der Waals surface area contributed by atoms with Crippen molar-refractivity contribution in [3.8, 4) is 5.75 Å². The minimum atomic E-state index is -1.85. The van der Waals surface area contributed by atoms with E-state index < -0.39 is 127 Å². The van der Waals surface area contributed by atoms with Gasteiger partial charge in [-0.05, 0) is 62.3 Å². The second kappa shape index (κ2) is 29.3. The molecule has 0 spiro atoms. The summed E-state index contributed by atoms with van der Waals surface area (Å²) in [5, 5.41) is 58.0. The lowest BCUT2D eigenvalue weighted by atomic mass is 10.0. The fraction of sp³-hybridized carbons (Fsp3) is 0.590. The number of hydrogen-bond donors (Lipinski definition) is 15. The van der Waals surface area contributed by atoms with Crippen LogP contribution in [0, 0.1) is 5.92 Å². The Balaban J connectivity index is 3.37. The van der Waals surface area contributed by atoms with Crippen molar-refractivity contribution in [1.82, 2.24) is 42.5 Å². The Labute approximate surface area is 390 Å². The van der Waals surface area contributed by atoms with Crippen molar-refractivity contribution in [2.75, 3.05) is 30.1 Å². The van der Waals surface area contributed by atoms with Crippen molar-refractivity contribution < 1.29 is 68.4 Å². The van der Waals surface area contributed by atoms with Gasteiger partial charge < -0.3 is 68.7 Å². The molecule has 0 saturated heterocycles. The summed E-state index contributed by atoms with van der Waals surface area (Å²) in [7, 11) is 0. The van der Waals surface area contributed by atoms with Crippen molar-refractivity contribution in [1.29, 1.82) is 0 Å². The number of carbonyl (C=O) groups is 10. The number of thioether (sulfide) groups is 1. The molecule has 26 heteroatoms. The van der Waals surface area contributed by atoms with Gasteiger partial charge in [0.1, 0.15) is 48.0 Å². The molecule has 0 bridgehead atoms. The maximum absolute atomic E-state index is 13.9. The van der Waals surface area contributed by atoms with Gasteiger partial charge in [0, 0.05) is 17.9 Å². The van der Waals surface area contributed by atoms with Gasteiger partial charge in [0.15, 0.2) is 0 Å². The van der Waals surface area contributed by atoms with Gasteiger partial charge >= 0.3 is 11.9 Å². The van der Waals surface area contributed by atoms with E-state index in [9.17, 15) is 63.3 Å². The van der Waals surface area contributed by atoms with E-state index in [1.165, 1.54) is 43.0 Å². The molecule has 0 radical (unpaired) electrons. The molecule has 1 aromatic carbocycles. The first-order valence-corrected chi connectivity index (χ1v) is 22.9. The molecule has 0 heterocycles. The monoisotopic (exact) mass is 975 g/mol. The first-order chi connectivity index (χ1) is 30.4. The van der Waals surface area contributed by atoms with Gasteiger partial charge in [0.05, 0.1) is 25.1 Å². The van der Waals surface area contributed by atoms with E-state index in [-0.39, 0.29) is 42.4 Å². The topological polar surface area (TPSA) is 374 Å². The van der Waals surface area contributed by atoms with E-state index in [1.807, 2.05) is 0 Å². The zero-order valence-corrected chi connectivity index (χ0v) is 39.1. The Morgan fingerprint density at radius 1 is 0.662 bits per heavy atom. The molecule has 1 aromatic rings. The first kappa shape index (κ1) is 57.7. The number of amides is 8. The summed E-state index contributed by atoms with van der Waals surface area (Å²) in [6.45, 7) is 5.15. The fourth-order valence-electron chi connectivity index (χ4n) is 5.63. The third-order valence-electron chi connectivity index (χ3n) is 9.19. The number of phenols is 1. The third-order valence-corrected chi connectivity index (χ3v) is 10.6. The maximum Gasteiger partial charge on any atom is 0.327 e. The van der Waals surface area contributed by atoms with Crippen LogP contribution in [-0.2, 0) is 54.4 Å². The summed E-state index contributed by atoms with van der Waals surface area (Å²) < 4.78 is 0. The molecule has 23 nitrogen and oxygen atoms in total. The van der Waals surface area contributed by atoms with Crippen LogP contribution in [0.5, 0.6) is 5.75 Å². The molecular formula is C39H61N9O14S3. The van der Waals surface area contributed by atoms with Crippen LogP contribution >= 0.6 is 37.0 Å². The highest BCUT2D eigenvalue weighted by Crippen LogP contribution is 2.13. The van der Waals surface area contributed by atoms with Crippen LogP contribution in [0.4, 0.5) is 0 Å². The maximum atomic E-state index is 13.9. The van der Waals surface area contributed by atoms with E-state index in [2.05, 4.69) is 67.8 Å². The van der Waals surface area contributed by atoms with Gasteiger partial charge in [-0.2, -0.15) is 37.0 Å².